The molecule has 3 rings (SSSR count). The maximum Gasteiger partial charge on any atom is 0.143 e. The summed E-state index contributed by atoms with van der Waals surface area (Å²) >= 11 is 0. The maximum atomic E-state index is 12.3. The van der Waals surface area contributed by atoms with Gasteiger partial charge in [0.1, 0.15) is 5.78 Å². The molecule has 100 valence electrons. The van der Waals surface area contributed by atoms with Gasteiger partial charge >= 0.3 is 0 Å². The first kappa shape index (κ1) is 12.4. The lowest BCUT2D eigenvalue weighted by molar-refractivity contribution is -0.121. The topological polar surface area (TPSA) is 46.9 Å². The van der Waals surface area contributed by atoms with Crippen LogP contribution in [0.5, 0.6) is 0 Å². The summed E-state index contributed by atoms with van der Waals surface area (Å²) in [6.07, 6.45) is 1.42. The van der Waals surface area contributed by atoms with E-state index in [0.29, 0.717) is 12.2 Å². The van der Waals surface area contributed by atoms with Gasteiger partial charge in [0.25, 0.3) is 0 Å². The second-order valence-electron chi connectivity index (χ2n) is 5.11. The van der Waals surface area contributed by atoms with Gasteiger partial charge in [-0.25, -0.2) is 0 Å². The minimum absolute atomic E-state index is 0.172. The highest BCUT2D eigenvalue weighted by Gasteiger charge is 2.24. The van der Waals surface area contributed by atoms with Gasteiger partial charge in [0, 0.05) is 24.4 Å². The van der Waals surface area contributed by atoms with Gasteiger partial charge in [0.2, 0.25) is 0 Å². The first-order chi connectivity index (χ1) is 9.29. The van der Waals surface area contributed by atoms with Gasteiger partial charge in [-0.15, -0.1) is 0 Å². The van der Waals surface area contributed by atoms with Crippen LogP contribution in [-0.4, -0.2) is 28.7 Å². The summed E-state index contributed by atoms with van der Waals surface area (Å²) in [5.74, 6) is 0.488. The number of aromatic nitrogens is 2. The predicted octanol–water partition coefficient (Wildman–Crippen LogP) is 1.78. The summed E-state index contributed by atoms with van der Waals surface area (Å²) in [5, 5.41) is 8.96. The molecule has 1 N–H and O–H groups in total. The van der Waals surface area contributed by atoms with Crippen LogP contribution >= 0.6 is 0 Å². The lowest BCUT2D eigenvalue weighted by Crippen LogP contribution is -2.19. The van der Waals surface area contributed by atoms with Crippen molar-refractivity contribution in [3.63, 3.8) is 0 Å². The molecule has 1 aromatic carbocycles. The molecular formula is C15H19N3O. The number of nitrogens with zero attached hydrogens (tertiary/aromatic N) is 2. The van der Waals surface area contributed by atoms with Crippen LogP contribution in [-0.2, 0) is 17.8 Å². The lowest BCUT2D eigenvalue weighted by Gasteiger charge is -2.05. The Morgan fingerprint density at radius 2 is 2.32 bits per heavy atom. The molecule has 4 heteroatoms. The normalized spacial score (nSPS) is 19.1. The van der Waals surface area contributed by atoms with E-state index in [4.69, 9.17) is 0 Å². The van der Waals surface area contributed by atoms with E-state index in [-0.39, 0.29) is 5.92 Å². The van der Waals surface area contributed by atoms with Crippen LogP contribution in [0.4, 0.5) is 0 Å². The first-order valence-electron chi connectivity index (χ1n) is 6.97. The third-order valence-electron chi connectivity index (χ3n) is 3.89. The van der Waals surface area contributed by atoms with Crippen molar-refractivity contribution in [3.05, 3.63) is 30.0 Å². The Morgan fingerprint density at radius 1 is 1.47 bits per heavy atom. The smallest absolute Gasteiger partial charge is 0.143 e. The summed E-state index contributed by atoms with van der Waals surface area (Å²) in [6, 6.07) is 8.15. The minimum Gasteiger partial charge on any atom is -0.316 e. The van der Waals surface area contributed by atoms with Crippen LogP contribution in [0.1, 0.15) is 19.0 Å². The van der Waals surface area contributed by atoms with Crippen LogP contribution in [0, 0.1) is 5.92 Å². The van der Waals surface area contributed by atoms with E-state index in [0.717, 1.165) is 42.7 Å². The van der Waals surface area contributed by atoms with Crippen molar-refractivity contribution in [2.45, 2.75) is 26.3 Å². The molecule has 1 aliphatic heterocycles. The fourth-order valence-corrected chi connectivity index (χ4v) is 2.81. The van der Waals surface area contributed by atoms with E-state index >= 15 is 0 Å². The van der Waals surface area contributed by atoms with Crippen molar-refractivity contribution in [1.29, 1.82) is 0 Å². The van der Waals surface area contributed by atoms with Crippen molar-refractivity contribution in [3.8, 4) is 0 Å². The average Bonchev–Trinajstić information content (AvgIpc) is 3.07. The Labute approximate surface area is 112 Å². The monoisotopic (exact) mass is 257 g/mol. The SMILES string of the molecule is CCn1nc(CC(=O)C2CCNC2)c2ccccc21. The molecule has 1 fully saturated rings. The number of carbonyl (C=O) groups is 1. The van der Waals surface area contributed by atoms with Gasteiger partial charge in [0.15, 0.2) is 0 Å². The second-order valence-corrected chi connectivity index (χ2v) is 5.11. The summed E-state index contributed by atoms with van der Waals surface area (Å²) in [4.78, 5) is 12.3. The molecule has 1 saturated heterocycles. The summed E-state index contributed by atoms with van der Waals surface area (Å²) < 4.78 is 1.98. The molecule has 4 nitrogen and oxygen atoms in total. The van der Waals surface area contributed by atoms with E-state index < -0.39 is 0 Å². The van der Waals surface area contributed by atoms with Crippen LogP contribution in [0.2, 0.25) is 0 Å². The summed E-state index contributed by atoms with van der Waals surface area (Å²) in [6.45, 7) is 4.69. The van der Waals surface area contributed by atoms with Crippen LogP contribution in [0.25, 0.3) is 10.9 Å². The van der Waals surface area contributed by atoms with E-state index in [2.05, 4.69) is 29.5 Å². The minimum atomic E-state index is 0.172. The second kappa shape index (κ2) is 5.13. The standard InChI is InChI=1S/C15H19N3O/c1-2-18-14-6-4-3-5-12(14)13(17-18)9-15(19)11-7-8-16-10-11/h3-6,11,16H,2,7-10H2,1H3. The van der Waals surface area contributed by atoms with E-state index in [1.807, 2.05) is 16.8 Å². The van der Waals surface area contributed by atoms with Crippen molar-refractivity contribution in [2.75, 3.05) is 13.1 Å². The molecule has 1 atom stereocenters. The van der Waals surface area contributed by atoms with E-state index in [1.165, 1.54) is 0 Å². The zero-order valence-electron chi connectivity index (χ0n) is 11.2. The third kappa shape index (κ3) is 2.28. The van der Waals surface area contributed by atoms with Crippen molar-refractivity contribution in [2.24, 2.45) is 5.92 Å². The number of rotatable bonds is 4. The van der Waals surface area contributed by atoms with Gasteiger partial charge < -0.3 is 5.32 Å². The van der Waals surface area contributed by atoms with Gasteiger partial charge in [-0.05, 0) is 26.0 Å². The molecule has 1 aliphatic rings. The fraction of sp³-hybridized carbons (Fsp3) is 0.467. The molecule has 0 saturated carbocycles. The lowest BCUT2D eigenvalue weighted by atomic mass is 9.98. The third-order valence-corrected chi connectivity index (χ3v) is 3.89. The number of carbonyl (C=O) groups excluding carboxylic acids is 1. The van der Waals surface area contributed by atoms with Crippen LogP contribution in [0.3, 0.4) is 0 Å². The molecule has 1 aromatic heterocycles. The quantitative estimate of drug-likeness (QED) is 0.908. The molecule has 0 spiro atoms. The number of nitrogens with one attached hydrogen (secondary N) is 1. The average molecular weight is 257 g/mol. The Kier molecular flexibility index (Phi) is 3.34. The van der Waals surface area contributed by atoms with Crippen molar-refractivity contribution in [1.82, 2.24) is 15.1 Å². The van der Waals surface area contributed by atoms with Gasteiger partial charge in [-0.2, -0.15) is 5.10 Å². The largest absolute Gasteiger partial charge is 0.316 e. The molecule has 0 bridgehead atoms. The number of ketones is 1. The van der Waals surface area contributed by atoms with Gasteiger partial charge in [0.05, 0.1) is 17.6 Å². The molecule has 0 radical (unpaired) electrons. The maximum absolute atomic E-state index is 12.3. The van der Waals surface area contributed by atoms with E-state index in [1.54, 1.807) is 0 Å². The molecular weight excluding hydrogens is 238 g/mol. The van der Waals surface area contributed by atoms with Crippen molar-refractivity contribution < 1.29 is 4.79 Å². The Hall–Kier alpha value is -1.68. The number of hydrogen-bond donors (Lipinski definition) is 1. The number of aryl methyl sites for hydroxylation is 1. The first-order valence-corrected chi connectivity index (χ1v) is 6.97. The molecule has 0 aliphatic carbocycles. The number of benzene rings is 1. The number of Topliss-reactive ketones (excluding diaryl/α,β-unsaturated/α-hetero) is 1. The fourth-order valence-electron chi connectivity index (χ4n) is 2.81. The number of hydrogen-bond acceptors (Lipinski definition) is 3. The molecule has 2 heterocycles. The highest BCUT2D eigenvalue weighted by Crippen LogP contribution is 2.21. The highest BCUT2D eigenvalue weighted by atomic mass is 16.1. The Morgan fingerprint density at radius 3 is 3.05 bits per heavy atom. The molecule has 1 unspecified atom stereocenters. The zero-order chi connectivity index (χ0) is 13.2. The number of para-hydroxylation sites is 1. The van der Waals surface area contributed by atoms with E-state index in [9.17, 15) is 4.79 Å². The molecule has 2 aromatic rings. The molecule has 19 heavy (non-hydrogen) atoms. The summed E-state index contributed by atoms with van der Waals surface area (Å²) in [7, 11) is 0. The van der Waals surface area contributed by atoms with Gasteiger partial charge in [-0.1, -0.05) is 18.2 Å². The summed E-state index contributed by atoms with van der Waals surface area (Å²) in [5.41, 5.74) is 2.05. The predicted molar refractivity (Wildman–Crippen MR) is 75.1 cm³/mol. The Balaban J connectivity index is 1.90. The van der Waals surface area contributed by atoms with Crippen molar-refractivity contribution >= 4 is 16.7 Å². The number of fused-ring (bicyclic) bond motifs is 1. The van der Waals surface area contributed by atoms with Gasteiger partial charge in [-0.3, -0.25) is 9.48 Å². The van der Waals surface area contributed by atoms with Crippen LogP contribution < -0.4 is 5.32 Å². The Bertz CT molecular complexity index is 596. The molecule has 0 amide bonds. The highest BCUT2D eigenvalue weighted by molar-refractivity contribution is 5.89. The zero-order valence-corrected chi connectivity index (χ0v) is 11.2. The van der Waals surface area contributed by atoms with Crippen LogP contribution in [0.15, 0.2) is 24.3 Å².